The minimum Gasteiger partial charge on any atom is -0.384 e. The first-order valence-corrected chi connectivity index (χ1v) is 13.3. The van der Waals surface area contributed by atoms with Gasteiger partial charge in [0, 0.05) is 18.7 Å². The molecular formula is C28H31N9O3. The van der Waals surface area contributed by atoms with E-state index in [0.29, 0.717) is 64.5 Å². The minimum atomic E-state index is -0.390. The molecule has 5 rings (SSSR count). The zero-order valence-electron chi connectivity index (χ0n) is 22.1. The summed E-state index contributed by atoms with van der Waals surface area (Å²) < 4.78 is 1.66. The van der Waals surface area contributed by atoms with Crippen LogP contribution in [0.3, 0.4) is 0 Å². The number of benzene rings is 2. The van der Waals surface area contributed by atoms with Crippen LogP contribution in [0.5, 0.6) is 0 Å². The van der Waals surface area contributed by atoms with Crippen LogP contribution in [-0.4, -0.2) is 47.1 Å². The number of hydroxylamine groups is 1. The smallest absolute Gasteiger partial charge is 0.268 e. The predicted octanol–water partition coefficient (Wildman–Crippen LogP) is 4.09. The number of hydrogen-bond donors (Lipinski definition) is 5. The maximum atomic E-state index is 14.2. The van der Waals surface area contributed by atoms with Gasteiger partial charge in [-0.3, -0.25) is 19.4 Å². The first kappa shape index (κ1) is 26.8. The van der Waals surface area contributed by atoms with Gasteiger partial charge in [0.2, 0.25) is 5.91 Å². The van der Waals surface area contributed by atoms with E-state index in [1.807, 2.05) is 55.5 Å². The van der Waals surface area contributed by atoms with Gasteiger partial charge in [-0.2, -0.15) is 0 Å². The van der Waals surface area contributed by atoms with Gasteiger partial charge in [-0.1, -0.05) is 37.6 Å². The van der Waals surface area contributed by atoms with E-state index in [9.17, 15) is 9.59 Å². The number of unbranched alkanes of at least 4 members (excludes halogenated alkanes) is 2. The maximum Gasteiger partial charge on any atom is 0.268 e. The summed E-state index contributed by atoms with van der Waals surface area (Å²) in [5.74, 6) is 0.755. The van der Waals surface area contributed by atoms with E-state index in [-0.39, 0.29) is 23.9 Å². The second kappa shape index (κ2) is 12.3. The van der Waals surface area contributed by atoms with Crippen molar-refractivity contribution in [1.29, 1.82) is 0 Å². The highest BCUT2D eigenvalue weighted by Crippen LogP contribution is 2.27. The number of rotatable bonds is 12. The van der Waals surface area contributed by atoms with Gasteiger partial charge in [0.1, 0.15) is 17.7 Å². The van der Waals surface area contributed by atoms with Crippen molar-refractivity contribution >= 4 is 39.5 Å². The summed E-state index contributed by atoms with van der Waals surface area (Å²) in [6.45, 7) is 2.65. The number of carbonyl (C=O) groups excluding carboxylic acids is 1. The Morgan fingerprint density at radius 1 is 1.05 bits per heavy atom. The number of carbonyl (C=O) groups is 1. The SMILES string of the molecule is CC[C@H](Nc1ncnc2nc[nH]c12)c1nc2cccc(NCCCCCC(=O)NO)c2c(=O)n1-c1ccccc1. The highest BCUT2D eigenvalue weighted by Gasteiger charge is 2.23. The summed E-state index contributed by atoms with van der Waals surface area (Å²) in [6, 6.07) is 14.7. The van der Waals surface area contributed by atoms with Crippen molar-refractivity contribution < 1.29 is 10.0 Å². The van der Waals surface area contributed by atoms with E-state index in [2.05, 4.69) is 30.6 Å². The number of hydrogen-bond acceptors (Lipinski definition) is 9. The molecule has 0 aliphatic heterocycles. The van der Waals surface area contributed by atoms with Crippen LogP contribution in [0.2, 0.25) is 0 Å². The van der Waals surface area contributed by atoms with Crippen molar-refractivity contribution in [2.75, 3.05) is 17.2 Å². The largest absolute Gasteiger partial charge is 0.384 e. The molecule has 12 nitrogen and oxygen atoms in total. The van der Waals surface area contributed by atoms with Crippen molar-refractivity contribution in [2.24, 2.45) is 0 Å². The second-order valence-electron chi connectivity index (χ2n) is 9.35. The molecule has 3 aromatic heterocycles. The molecule has 0 aliphatic carbocycles. The summed E-state index contributed by atoms with van der Waals surface area (Å²) in [5.41, 5.74) is 4.70. The van der Waals surface area contributed by atoms with Gasteiger partial charge in [-0.05, 0) is 43.5 Å². The van der Waals surface area contributed by atoms with Gasteiger partial charge < -0.3 is 15.6 Å². The number of fused-ring (bicyclic) bond motifs is 2. The van der Waals surface area contributed by atoms with E-state index < -0.39 is 0 Å². The molecule has 12 heteroatoms. The topological polar surface area (TPSA) is 163 Å². The maximum absolute atomic E-state index is 14.2. The Morgan fingerprint density at radius 2 is 1.90 bits per heavy atom. The van der Waals surface area contributed by atoms with Gasteiger partial charge in [-0.25, -0.2) is 25.4 Å². The lowest BCUT2D eigenvalue weighted by Gasteiger charge is -2.23. The lowest BCUT2D eigenvalue weighted by Crippen LogP contribution is -2.29. The lowest BCUT2D eigenvalue weighted by molar-refractivity contribution is -0.129. The molecule has 5 aromatic rings. The van der Waals surface area contributed by atoms with Crippen LogP contribution in [0.25, 0.3) is 27.8 Å². The third-order valence-electron chi connectivity index (χ3n) is 6.71. The number of para-hydroxylation sites is 1. The Hall–Kier alpha value is -4.84. The molecule has 1 amide bonds. The van der Waals surface area contributed by atoms with E-state index in [0.717, 1.165) is 12.8 Å². The Labute approximate surface area is 229 Å². The molecule has 0 fully saturated rings. The third-order valence-corrected chi connectivity index (χ3v) is 6.71. The first-order valence-electron chi connectivity index (χ1n) is 13.3. The van der Waals surface area contributed by atoms with Crippen LogP contribution in [-0.2, 0) is 4.79 Å². The van der Waals surface area contributed by atoms with E-state index >= 15 is 0 Å². The van der Waals surface area contributed by atoms with Gasteiger partial charge >= 0.3 is 0 Å². The third kappa shape index (κ3) is 5.61. The van der Waals surface area contributed by atoms with E-state index in [1.54, 1.807) is 16.4 Å². The summed E-state index contributed by atoms with van der Waals surface area (Å²) in [6.07, 6.45) is 6.20. The monoisotopic (exact) mass is 541 g/mol. The van der Waals surface area contributed by atoms with Gasteiger partial charge in [0.05, 0.1) is 29.0 Å². The first-order chi connectivity index (χ1) is 19.6. The van der Waals surface area contributed by atoms with Crippen molar-refractivity contribution in [3.63, 3.8) is 0 Å². The van der Waals surface area contributed by atoms with Crippen molar-refractivity contribution in [1.82, 2.24) is 35.0 Å². The average molecular weight is 542 g/mol. The number of H-pyrrole nitrogens is 1. The highest BCUT2D eigenvalue weighted by molar-refractivity contribution is 5.91. The number of aromatic nitrogens is 6. The second-order valence-corrected chi connectivity index (χ2v) is 9.35. The molecule has 5 N–H and O–H groups in total. The summed E-state index contributed by atoms with van der Waals surface area (Å²) in [7, 11) is 0. The molecule has 0 radical (unpaired) electrons. The zero-order valence-corrected chi connectivity index (χ0v) is 22.1. The molecule has 0 spiro atoms. The number of anilines is 2. The van der Waals surface area contributed by atoms with Crippen LogP contribution in [0, 0.1) is 0 Å². The molecular weight excluding hydrogens is 510 g/mol. The Balaban J connectivity index is 1.51. The van der Waals surface area contributed by atoms with Gasteiger partial charge in [0.25, 0.3) is 5.56 Å². The summed E-state index contributed by atoms with van der Waals surface area (Å²) in [5, 5.41) is 16.0. The molecule has 40 heavy (non-hydrogen) atoms. The Morgan fingerprint density at radius 3 is 2.70 bits per heavy atom. The Bertz CT molecular complexity index is 1670. The predicted molar refractivity (Wildman–Crippen MR) is 153 cm³/mol. The van der Waals surface area contributed by atoms with E-state index in [1.165, 1.54) is 6.33 Å². The standard InChI is InChI=1S/C28H31N9O3/c1-2-19(34-26-24-25(31-16-30-24)32-17-33-26)27-35-21-13-9-12-20(29-15-8-4-7-14-22(38)36-40)23(21)28(39)37(27)18-10-5-3-6-11-18/h3,5-6,9-13,16-17,19,29,40H,2,4,7-8,14-15H2,1H3,(H,36,38)(H2,30,31,32,33,34)/t19-/m0/s1. The lowest BCUT2D eigenvalue weighted by atomic mass is 10.1. The fourth-order valence-electron chi connectivity index (χ4n) is 4.71. The molecule has 0 saturated heterocycles. The van der Waals surface area contributed by atoms with Crippen molar-refractivity contribution in [3.8, 4) is 5.69 Å². The molecule has 206 valence electrons. The Kier molecular flexibility index (Phi) is 8.26. The normalized spacial score (nSPS) is 11.9. The quantitative estimate of drug-likeness (QED) is 0.0889. The zero-order chi connectivity index (χ0) is 27.9. The minimum absolute atomic E-state index is 0.177. The molecule has 2 aromatic carbocycles. The van der Waals surface area contributed by atoms with E-state index in [4.69, 9.17) is 10.2 Å². The van der Waals surface area contributed by atoms with Crippen molar-refractivity contribution in [2.45, 2.75) is 45.1 Å². The van der Waals surface area contributed by atoms with Gasteiger partial charge in [-0.15, -0.1) is 0 Å². The summed E-state index contributed by atoms with van der Waals surface area (Å²) >= 11 is 0. The summed E-state index contributed by atoms with van der Waals surface area (Å²) in [4.78, 5) is 46.3. The number of nitrogens with zero attached hydrogens (tertiary/aromatic N) is 5. The average Bonchev–Trinajstić information content (AvgIpc) is 3.47. The molecule has 3 heterocycles. The van der Waals surface area contributed by atoms with Crippen LogP contribution < -0.4 is 21.7 Å². The van der Waals surface area contributed by atoms with Gasteiger partial charge in [0.15, 0.2) is 11.5 Å². The van der Waals surface area contributed by atoms with Crippen molar-refractivity contribution in [3.05, 3.63) is 77.4 Å². The number of nitrogens with one attached hydrogen (secondary N) is 4. The molecule has 1 atom stereocenters. The van der Waals surface area contributed by atoms with Crippen LogP contribution in [0.1, 0.15) is 50.9 Å². The fourth-order valence-corrected chi connectivity index (χ4v) is 4.71. The molecule has 0 unspecified atom stereocenters. The number of imidazole rings is 1. The highest BCUT2D eigenvalue weighted by atomic mass is 16.5. The van der Waals surface area contributed by atoms with Crippen LogP contribution in [0.15, 0.2) is 66.0 Å². The molecule has 0 bridgehead atoms. The molecule has 0 aliphatic rings. The number of amides is 1. The molecule has 0 saturated carbocycles. The number of aromatic amines is 1. The van der Waals surface area contributed by atoms with Crippen LogP contribution >= 0.6 is 0 Å². The fraction of sp³-hybridized carbons (Fsp3) is 0.286. The van der Waals surface area contributed by atoms with Crippen LogP contribution in [0.4, 0.5) is 11.5 Å².